The van der Waals surface area contributed by atoms with Crippen LogP contribution in [0, 0.1) is 5.41 Å². The highest BCUT2D eigenvalue weighted by atomic mass is 16.3. The van der Waals surface area contributed by atoms with Gasteiger partial charge in [0, 0.05) is 10.9 Å². The fourth-order valence-corrected chi connectivity index (χ4v) is 1.75. The van der Waals surface area contributed by atoms with E-state index >= 15 is 0 Å². The molecule has 0 saturated heterocycles. The van der Waals surface area contributed by atoms with Crippen LogP contribution in [0.25, 0.3) is 16.8 Å². The first-order valence-electron chi connectivity index (χ1n) is 5.87. The minimum Gasteiger partial charge on any atom is -0.507 e. The molecule has 2 aromatic rings. The number of hydrogen-bond acceptors (Lipinski definition) is 1. The molecule has 0 aliphatic heterocycles. The standard InChI is InChI=1S/C16H18O/c1-16(2,3)11-10-13-9-8-12-6-4-5-7-14(12)15(13)17/h4-11,17H,1-3H3. The highest BCUT2D eigenvalue weighted by Crippen LogP contribution is 2.30. The minimum absolute atomic E-state index is 0.123. The Morgan fingerprint density at radius 3 is 2.41 bits per heavy atom. The summed E-state index contributed by atoms with van der Waals surface area (Å²) in [4.78, 5) is 0. The molecule has 0 heterocycles. The largest absolute Gasteiger partial charge is 0.507 e. The molecule has 1 N–H and O–H groups in total. The highest BCUT2D eigenvalue weighted by Gasteiger charge is 2.06. The van der Waals surface area contributed by atoms with Crippen LogP contribution >= 0.6 is 0 Å². The second kappa shape index (κ2) is 4.25. The quantitative estimate of drug-likeness (QED) is 0.753. The second-order valence-electron chi connectivity index (χ2n) is 5.42. The van der Waals surface area contributed by atoms with E-state index in [0.29, 0.717) is 5.75 Å². The third-order valence-corrected chi connectivity index (χ3v) is 2.69. The maximum atomic E-state index is 10.2. The Kier molecular flexibility index (Phi) is 2.93. The van der Waals surface area contributed by atoms with Gasteiger partial charge in [-0.25, -0.2) is 0 Å². The van der Waals surface area contributed by atoms with E-state index in [0.717, 1.165) is 16.3 Å². The Hall–Kier alpha value is -1.76. The van der Waals surface area contributed by atoms with Crippen molar-refractivity contribution in [2.45, 2.75) is 20.8 Å². The summed E-state index contributed by atoms with van der Waals surface area (Å²) in [7, 11) is 0. The van der Waals surface area contributed by atoms with Crippen molar-refractivity contribution >= 4 is 16.8 Å². The van der Waals surface area contributed by atoms with Crippen LogP contribution in [0.15, 0.2) is 42.5 Å². The van der Waals surface area contributed by atoms with E-state index in [9.17, 15) is 5.11 Å². The molecule has 0 unspecified atom stereocenters. The molecule has 0 fully saturated rings. The van der Waals surface area contributed by atoms with Gasteiger partial charge in [0.2, 0.25) is 0 Å². The molecule has 0 saturated carbocycles. The number of rotatable bonds is 1. The number of aromatic hydroxyl groups is 1. The number of phenolic OH excluding ortho intramolecular Hbond substituents is 1. The highest BCUT2D eigenvalue weighted by molar-refractivity contribution is 5.91. The van der Waals surface area contributed by atoms with Gasteiger partial charge in [0.25, 0.3) is 0 Å². The lowest BCUT2D eigenvalue weighted by Crippen LogP contribution is -1.98. The van der Waals surface area contributed by atoms with E-state index in [-0.39, 0.29) is 5.41 Å². The fraction of sp³-hybridized carbons (Fsp3) is 0.250. The molecular formula is C16H18O. The van der Waals surface area contributed by atoms with Crippen LogP contribution < -0.4 is 0 Å². The monoisotopic (exact) mass is 226 g/mol. The Bertz CT molecular complexity index is 559. The molecule has 0 aliphatic carbocycles. The lowest BCUT2D eigenvalue weighted by atomic mass is 9.94. The van der Waals surface area contributed by atoms with Crippen LogP contribution in [-0.2, 0) is 0 Å². The second-order valence-corrected chi connectivity index (χ2v) is 5.42. The Labute approximate surface area is 102 Å². The van der Waals surface area contributed by atoms with Crippen LogP contribution in [0.2, 0.25) is 0 Å². The molecule has 17 heavy (non-hydrogen) atoms. The Morgan fingerprint density at radius 2 is 1.71 bits per heavy atom. The molecule has 2 rings (SSSR count). The van der Waals surface area contributed by atoms with Crippen molar-refractivity contribution < 1.29 is 5.11 Å². The molecule has 1 heteroatoms. The molecule has 0 amide bonds. The predicted molar refractivity (Wildman–Crippen MR) is 74.1 cm³/mol. The van der Waals surface area contributed by atoms with E-state index in [1.165, 1.54) is 0 Å². The normalized spacial score (nSPS) is 12.4. The number of benzene rings is 2. The topological polar surface area (TPSA) is 20.2 Å². The maximum Gasteiger partial charge on any atom is 0.130 e. The van der Waals surface area contributed by atoms with Crippen molar-refractivity contribution in [1.29, 1.82) is 0 Å². The summed E-state index contributed by atoms with van der Waals surface area (Å²) in [5, 5.41) is 12.2. The number of phenols is 1. The van der Waals surface area contributed by atoms with Crippen LogP contribution in [-0.4, -0.2) is 5.11 Å². The van der Waals surface area contributed by atoms with Gasteiger partial charge in [-0.3, -0.25) is 0 Å². The van der Waals surface area contributed by atoms with Crippen LogP contribution in [0.3, 0.4) is 0 Å². The van der Waals surface area contributed by atoms with Gasteiger partial charge < -0.3 is 5.11 Å². The summed E-state index contributed by atoms with van der Waals surface area (Å²) in [6, 6.07) is 11.9. The molecule has 2 aromatic carbocycles. The van der Waals surface area contributed by atoms with Crippen LogP contribution in [0.5, 0.6) is 5.75 Å². The van der Waals surface area contributed by atoms with Gasteiger partial charge in [-0.05, 0) is 10.8 Å². The number of allylic oxidation sites excluding steroid dienone is 1. The van der Waals surface area contributed by atoms with Crippen molar-refractivity contribution in [3.8, 4) is 5.75 Å². The van der Waals surface area contributed by atoms with Crippen LogP contribution in [0.1, 0.15) is 26.3 Å². The van der Waals surface area contributed by atoms with Gasteiger partial charge in [0.05, 0.1) is 0 Å². The lowest BCUT2D eigenvalue weighted by molar-refractivity contribution is 0.480. The first kappa shape index (κ1) is 11.7. The molecule has 0 aliphatic rings. The summed E-state index contributed by atoms with van der Waals surface area (Å²) < 4.78 is 0. The van der Waals surface area contributed by atoms with Gasteiger partial charge in [0.1, 0.15) is 5.75 Å². The van der Waals surface area contributed by atoms with E-state index in [1.54, 1.807) is 0 Å². The third kappa shape index (κ3) is 2.68. The van der Waals surface area contributed by atoms with Gasteiger partial charge in [-0.2, -0.15) is 0 Å². The molecule has 0 atom stereocenters. The Balaban J connectivity index is 2.50. The van der Waals surface area contributed by atoms with Crippen molar-refractivity contribution in [3.63, 3.8) is 0 Å². The lowest BCUT2D eigenvalue weighted by Gasteiger charge is -2.11. The SMILES string of the molecule is CC(C)(C)C=Cc1ccc2ccccc2c1O. The smallest absolute Gasteiger partial charge is 0.130 e. The number of hydrogen-bond donors (Lipinski definition) is 1. The summed E-state index contributed by atoms with van der Waals surface area (Å²) >= 11 is 0. The van der Waals surface area contributed by atoms with E-state index in [2.05, 4.69) is 26.8 Å². The average Bonchev–Trinajstić information content (AvgIpc) is 2.27. The molecule has 0 spiro atoms. The number of fused-ring (bicyclic) bond motifs is 1. The maximum absolute atomic E-state index is 10.2. The first-order valence-corrected chi connectivity index (χ1v) is 5.87. The zero-order valence-corrected chi connectivity index (χ0v) is 10.6. The molecule has 1 nitrogen and oxygen atoms in total. The van der Waals surface area contributed by atoms with Crippen LogP contribution in [0.4, 0.5) is 0 Å². The molecular weight excluding hydrogens is 208 g/mol. The summed E-state index contributed by atoms with van der Waals surface area (Å²) in [6.45, 7) is 6.42. The predicted octanol–water partition coefficient (Wildman–Crippen LogP) is 4.60. The van der Waals surface area contributed by atoms with E-state index in [1.807, 2.05) is 42.5 Å². The average molecular weight is 226 g/mol. The van der Waals surface area contributed by atoms with Gasteiger partial charge in [-0.1, -0.05) is 69.3 Å². The van der Waals surface area contributed by atoms with E-state index in [4.69, 9.17) is 0 Å². The zero-order valence-electron chi connectivity index (χ0n) is 10.6. The third-order valence-electron chi connectivity index (χ3n) is 2.69. The van der Waals surface area contributed by atoms with Gasteiger partial charge >= 0.3 is 0 Å². The molecule has 0 aromatic heterocycles. The summed E-state index contributed by atoms with van der Waals surface area (Å²) in [6.07, 6.45) is 4.10. The summed E-state index contributed by atoms with van der Waals surface area (Å²) in [5.41, 5.74) is 0.997. The first-order chi connectivity index (χ1) is 7.97. The molecule has 88 valence electrons. The molecule has 0 radical (unpaired) electrons. The van der Waals surface area contributed by atoms with Crippen molar-refractivity contribution in [2.75, 3.05) is 0 Å². The van der Waals surface area contributed by atoms with E-state index < -0.39 is 0 Å². The van der Waals surface area contributed by atoms with Crippen molar-refractivity contribution in [3.05, 3.63) is 48.0 Å². The van der Waals surface area contributed by atoms with Gasteiger partial charge in [0.15, 0.2) is 0 Å². The van der Waals surface area contributed by atoms with Crippen molar-refractivity contribution in [2.24, 2.45) is 5.41 Å². The Morgan fingerprint density at radius 1 is 1.00 bits per heavy atom. The summed E-state index contributed by atoms with van der Waals surface area (Å²) in [5.74, 6) is 0.364. The molecule has 0 bridgehead atoms. The van der Waals surface area contributed by atoms with Crippen molar-refractivity contribution in [1.82, 2.24) is 0 Å². The minimum atomic E-state index is 0.123. The fourth-order valence-electron chi connectivity index (χ4n) is 1.75. The van der Waals surface area contributed by atoms with Gasteiger partial charge in [-0.15, -0.1) is 0 Å². The zero-order chi connectivity index (χ0) is 12.5.